The van der Waals surface area contributed by atoms with Crippen LogP contribution in [0.3, 0.4) is 0 Å². The molecule has 0 saturated heterocycles. The van der Waals surface area contributed by atoms with Crippen LogP contribution >= 0.6 is 15.2 Å². The summed E-state index contributed by atoms with van der Waals surface area (Å²) in [6, 6.07) is 23.1. The number of hydrogen-bond acceptors (Lipinski definition) is 8. The maximum absolute atomic E-state index is 13.9. The molecule has 0 N–H and O–H groups in total. The normalized spacial score (nSPS) is 12.6. The number of benzene rings is 3. The van der Waals surface area contributed by atoms with E-state index in [1.165, 1.54) is 45.1 Å². The molecule has 0 spiro atoms. The standard InChI is InChI=1S/C38H53NO8P2/c1-10-32-33-24-30(19-15-18-28-16-13-12-14-17-28)35(47-11-2)25-34(33)39(37(32)29-20-22-31(42-5)23-21-29)27-38(3,4)26-36(48(40,43-6)44-7)49(41,45-8)46-9/h12-14,16-17,20-25,36H,10-11,15,18-19,26-27H2,1-9H3. The molecule has 9 nitrogen and oxygen atoms in total. The Morgan fingerprint density at radius 2 is 1.41 bits per heavy atom. The van der Waals surface area contributed by atoms with E-state index in [0.717, 1.165) is 59.3 Å². The van der Waals surface area contributed by atoms with Crippen LogP contribution in [0.25, 0.3) is 22.2 Å². The van der Waals surface area contributed by atoms with Crippen molar-refractivity contribution in [2.75, 3.05) is 42.2 Å². The van der Waals surface area contributed by atoms with Crippen molar-refractivity contribution in [2.24, 2.45) is 5.41 Å². The maximum atomic E-state index is 13.9. The SMILES string of the molecule is CCOc1cc2c(cc1CCCc1ccccc1)c(CC)c(-c1ccc(OC)cc1)n2CC(C)(C)CC(P(=O)(OC)OC)P(=O)(OC)OC. The van der Waals surface area contributed by atoms with Gasteiger partial charge in [0.05, 0.1) is 24.9 Å². The molecule has 0 unspecified atom stereocenters. The molecule has 0 saturated carbocycles. The van der Waals surface area contributed by atoms with E-state index in [1.807, 2.05) is 25.1 Å². The average Bonchev–Trinajstić information content (AvgIpc) is 3.41. The average molecular weight is 714 g/mol. The van der Waals surface area contributed by atoms with Crippen molar-refractivity contribution < 1.29 is 36.7 Å². The number of methoxy groups -OCH3 is 1. The topological polar surface area (TPSA) is 94.5 Å². The van der Waals surface area contributed by atoms with Crippen LogP contribution in [-0.4, -0.2) is 52.1 Å². The molecule has 49 heavy (non-hydrogen) atoms. The Hall–Kier alpha value is -2.90. The zero-order valence-corrected chi connectivity index (χ0v) is 32.3. The van der Waals surface area contributed by atoms with Gasteiger partial charge in [-0.25, -0.2) is 0 Å². The van der Waals surface area contributed by atoms with Crippen molar-refractivity contribution >= 4 is 26.1 Å². The van der Waals surface area contributed by atoms with Crippen LogP contribution in [0.2, 0.25) is 0 Å². The van der Waals surface area contributed by atoms with Gasteiger partial charge in [0.1, 0.15) is 11.5 Å². The number of aryl methyl sites for hydroxylation is 3. The lowest BCUT2D eigenvalue weighted by Gasteiger charge is -2.35. The van der Waals surface area contributed by atoms with E-state index >= 15 is 0 Å². The predicted octanol–water partition coefficient (Wildman–Crippen LogP) is 10.2. The van der Waals surface area contributed by atoms with Crippen LogP contribution < -0.4 is 9.47 Å². The molecule has 0 fully saturated rings. The van der Waals surface area contributed by atoms with Gasteiger partial charge >= 0.3 is 15.2 Å². The van der Waals surface area contributed by atoms with Gasteiger partial charge in [0, 0.05) is 46.4 Å². The highest BCUT2D eigenvalue weighted by Gasteiger charge is 2.51. The second-order valence-corrected chi connectivity index (χ2v) is 18.2. The minimum atomic E-state index is -3.89. The van der Waals surface area contributed by atoms with Crippen LogP contribution in [0.15, 0.2) is 66.7 Å². The van der Waals surface area contributed by atoms with Crippen molar-refractivity contribution in [3.63, 3.8) is 0 Å². The Labute approximate surface area is 292 Å². The fourth-order valence-corrected chi connectivity index (χ4v) is 11.9. The van der Waals surface area contributed by atoms with Crippen LogP contribution in [0, 0.1) is 5.41 Å². The highest BCUT2D eigenvalue weighted by atomic mass is 31.2. The monoisotopic (exact) mass is 713 g/mol. The Balaban J connectivity index is 1.89. The minimum Gasteiger partial charge on any atom is -0.497 e. The van der Waals surface area contributed by atoms with Gasteiger partial charge in [0.25, 0.3) is 0 Å². The summed E-state index contributed by atoms with van der Waals surface area (Å²) in [6.07, 6.45) is 3.83. The number of fused-ring (bicyclic) bond motifs is 1. The van der Waals surface area contributed by atoms with Gasteiger partial charge in [0.2, 0.25) is 0 Å². The Bertz CT molecular complexity index is 1730. The summed E-state index contributed by atoms with van der Waals surface area (Å²) in [7, 11) is -0.942. The summed E-state index contributed by atoms with van der Waals surface area (Å²) in [5, 5.41) is 0.0184. The summed E-state index contributed by atoms with van der Waals surface area (Å²) >= 11 is 0. The van der Waals surface area contributed by atoms with E-state index in [4.69, 9.17) is 27.6 Å². The van der Waals surface area contributed by atoms with E-state index in [1.54, 1.807) is 7.11 Å². The lowest BCUT2D eigenvalue weighted by Crippen LogP contribution is -2.27. The van der Waals surface area contributed by atoms with Crippen LogP contribution in [0.4, 0.5) is 0 Å². The summed E-state index contributed by atoms with van der Waals surface area (Å²) in [4.78, 5) is 0. The third-order valence-corrected chi connectivity index (χ3v) is 14.7. The first kappa shape index (κ1) is 38.9. The third kappa shape index (κ3) is 8.71. The summed E-state index contributed by atoms with van der Waals surface area (Å²) in [6.45, 7) is 9.34. The Morgan fingerprint density at radius 1 is 0.796 bits per heavy atom. The summed E-state index contributed by atoms with van der Waals surface area (Å²) in [5.41, 5.74) is 6.29. The summed E-state index contributed by atoms with van der Waals surface area (Å²) < 4.78 is 63.4. The van der Waals surface area contributed by atoms with Crippen molar-refractivity contribution in [2.45, 2.75) is 71.7 Å². The van der Waals surface area contributed by atoms with Crippen LogP contribution in [0.5, 0.6) is 11.5 Å². The van der Waals surface area contributed by atoms with E-state index in [9.17, 15) is 9.13 Å². The fraction of sp³-hybridized carbons (Fsp3) is 0.474. The molecule has 0 radical (unpaired) electrons. The van der Waals surface area contributed by atoms with Crippen molar-refractivity contribution in [3.05, 3.63) is 83.4 Å². The molecule has 0 amide bonds. The van der Waals surface area contributed by atoms with Crippen LogP contribution in [-0.2, 0) is 53.0 Å². The minimum absolute atomic E-state index is 0.171. The Kier molecular flexibility index (Phi) is 13.4. The van der Waals surface area contributed by atoms with Gasteiger partial charge in [-0.05, 0) is 97.0 Å². The molecular weight excluding hydrogens is 660 g/mol. The quantitative estimate of drug-likeness (QED) is 0.0887. The van der Waals surface area contributed by atoms with Crippen molar-refractivity contribution in [3.8, 4) is 22.8 Å². The molecule has 0 aliphatic carbocycles. The first-order valence-corrected chi connectivity index (χ1v) is 20.1. The number of nitrogens with zero attached hydrogens (tertiary/aromatic N) is 1. The smallest absolute Gasteiger partial charge is 0.345 e. The second-order valence-electron chi connectivity index (χ2n) is 12.9. The van der Waals surface area contributed by atoms with Gasteiger partial charge in [0.15, 0.2) is 5.40 Å². The number of hydrogen-bond donors (Lipinski definition) is 0. The maximum Gasteiger partial charge on any atom is 0.345 e. The summed E-state index contributed by atoms with van der Waals surface area (Å²) in [5.74, 6) is 1.64. The molecular formula is C38H53NO8P2. The number of ether oxygens (including phenoxy) is 2. The van der Waals surface area contributed by atoms with Gasteiger partial charge in [-0.2, -0.15) is 0 Å². The van der Waals surface area contributed by atoms with Crippen molar-refractivity contribution in [1.82, 2.24) is 4.57 Å². The molecule has 3 aromatic carbocycles. The van der Waals surface area contributed by atoms with Gasteiger partial charge in [-0.1, -0.05) is 51.1 Å². The zero-order valence-electron chi connectivity index (χ0n) is 30.5. The third-order valence-electron chi connectivity index (χ3n) is 9.19. The first-order valence-electron chi connectivity index (χ1n) is 16.8. The van der Waals surface area contributed by atoms with E-state index in [2.05, 4.69) is 73.9 Å². The molecule has 1 heterocycles. The molecule has 1 aromatic heterocycles. The fourth-order valence-electron chi connectivity index (χ4n) is 6.72. The molecule has 268 valence electrons. The van der Waals surface area contributed by atoms with Gasteiger partial charge < -0.3 is 32.1 Å². The molecule has 4 rings (SSSR count). The van der Waals surface area contributed by atoms with Gasteiger partial charge in [-0.15, -0.1) is 0 Å². The lowest BCUT2D eigenvalue weighted by molar-refractivity contribution is 0.219. The molecule has 11 heteroatoms. The van der Waals surface area contributed by atoms with E-state index < -0.39 is 26.0 Å². The highest BCUT2D eigenvalue weighted by Crippen LogP contribution is 2.71. The van der Waals surface area contributed by atoms with E-state index in [-0.39, 0.29) is 6.42 Å². The number of aromatic nitrogens is 1. The zero-order chi connectivity index (χ0) is 35.8. The van der Waals surface area contributed by atoms with Crippen LogP contribution in [0.1, 0.15) is 57.2 Å². The van der Waals surface area contributed by atoms with Gasteiger partial charge in [-0.3, -0.25) is 9.13 Å². The molecule has 0 atom stereocenters. The molecule has 0 aliphatic heterocycles. The molecule has 4 aromatic rings. The van der Waals surface area contributed by atoms with E-state index in [0.29, 0.717) is 13.2 Å². The Morgan fingerprint density at radius 3 is 1.94 bits per heavy atom. The highest BCUT2D eigenvalue weighted by molar-refractivity contribution is 7.72. The predicted molar refractivity (Wildman–Crippen MR) is 198 cm³/mol. The van der Waals surface area contributed by atoms with Crippen molar-refractivity contribution in [1.29, 1.82) is 0 Å². The lowest BCUT2D eigenvalue weighted by atomic mass is 9.89. The molecule has 0 aliphatic rings. The molecule has 0 bridgehead atoms. The number of rotatable bonds is 19. The second kappa shape index (κ2) is 16.9. The largest absolute Gasteiger partial charge is 0.497 e. The first-order chi connectivity index (χ1) is 23.4.